The summed E-state index contributed by atoms with van der Waals surface area (Å²) >= 11 is 11.8. The molecule has 11 heteroatoms. The van der Waals surface area contributed by atoms with E-state index < -0.39 is 16.1 Å². The Morgan fingerprint density at radius 1 is 1.28 bits per heavy atom. The van der Waals surface area contributed by atoms with Crippen molar-refractivity contribution in [2.75, 3.05) is 26.2 Å². The number of carbonyl (C=O) groups is 1. The number of sulfonamides is 1. The van der Waals surface area contributed by atoms with Crippen LogP contribution in [0.5, 0.6) is 0 Å². The minimum Gasteiger partial charge on any atom is -0.391 e. The Balaban J connectivity index is 0.00000312. The van der Waals surface area contributed by atoms with Crippen LogP contribution in [0.25, 0.3) is 0 Å². The zero-order chi connectivity index (χ0) is 17.7. The molecule has 1 saturated heterocycles. The molecule has 0 bridgehead atoms. The molecule has 0 saturated carbocycles. The number of hydrogen-bond donors (Lipinski definition) is 4. The molecule has 4 N–H and O–H groups in total. The van der Waals surface area contributed by atoms with Gasteiger partial charge in [0.1, 0.15) is 4.90 Å². The molecule has 2 atom stereocenters. The molecule has 1 aliphatic rings. The molecule has 0 radical (unpaired) electrons. The van der Waals surface area contributed by atoms with Crippen molar-refractivity contribution in [3.05, 3.63) is 28.2 Å². The molecular formula is C14H20Cl3N3O4S. The molecule has 1 aromatic rings. The number of halogens is 3. The summed E-state index contributed by atoms with van der Waals surface area (Å²) in [7, 11) is -3.90. The number of rotatable bonds is 7. The zero-order valence-corrected chi connectivity index (χ0v) is 16.3. The second kappa shape index (κ2) is 9.91. The Hall–Kier alpha value is -0.610. The maximum absolute atomic E-state index is 12.2. The highest BCUT2D eigenvalue weighted by Gasteiger charge is 2.25. The Labute approximate surface area is 162 Å². The fourth-order valence-corrected chi connectivity index (χ4v) is 4.54. The lowest BCUT2D eigenvalue weighted by Gasteiger charge is -2.14. The van der Waals surface area contributed by atoms with E-state index in [-0.39, 0.29) is 52.1 Å². The molecule has 25 heavy (non-hydrogen) atoms. The lowest BCUT2D eigenvalue weighted by Crippen LogP contribution is -2.36. The quantitative estimate of drug-likeness (QED) is 0.509. The van der Waals surface area contributed by atoms with Crippen LogP contribution in [0.4, 0.5) is 0 Å². The number of aliphatic hydroxyl groups excluding tert-OH is 1. The molecule has 1 heterocycles. The van der Waals surface area contributed by atoms with Gasteiger partial charge in [0.15, 0.2) is 0 Å². The predicted molar refractivity (Wildman–Crippen MR) is 98.9 cm³/mol. The van der Waals surface area contributed by atoms with Crippen LogP contribution in [0.2, 0.25) is 10.0 Å². The molecule has 0 spiro atoms. The first kappa shape index (κ1) is 22.4. The Kier molecular flexibility index (Phi) is 8.90. The third-order valence-corrected chi connectivity index (χ3v) is 6.11. The molecule has 1 aliphatic heterocycles. The molecule has 1 aromatic carbocycles. The highest BCUT2D eigenvalue weighted by molar-refractivity contribution is 7.89. The molecule has 7 nitrogen and oxygen atoms in total. The number of hydrogen-bond acceptors (Lipinski definition) is 5. The molecule has 1 amide bonds. The summed E-state index contributed by atoms with van der Waals surface area (Å²) in [6.07, 6.45) is -0.511. The normalized spacial score (nSPS) is 20.1. The fourth-order valence-electron chi connectivity index (χ4n) is 2.37. The predicted octanol–water partition coefficient (Wildman–Crippen LogP) is 0.780. The summed E-state index contributed by atoms with van der Waals surface area (Å²) in [4.78, 5) is 11.6. The first-order chi connectivity index (χ1) is 11.3. The van der Waals surface area contributed by atoms with Crippen LogP contribution >= 0.6 is 35.6 Å². The van der Waals surface area contributed by atoms with E-state index in [0.29, 0.717) is 19.6 Å². The Morgan fingerprint density at radius 2 is 1.92 bits per heavy atom. The molecule has 0 aromatic heterocycles. The van der Waals surface area contributed by atoms with Gasteiger partial charge < -0.3 is 15.7 Å². The van der Waals surface area contributed by atoms with E-state index >= 15 is 0 Å². The van der Waals surface area contributed by atoms with Crippen LogP contribution in [0, 0.1) is 5.92 Å². The van der Waals surface area contributed by atoms with E-state index in [2.05, 4.69) is 15.4 Å². The van der Waals surface area contributed by atoms with E-state index in [1.54, 1.807) is 6.07 Å². The third-order valence-electron chi connectivity index (χ3n) is 3.70. The van der Waals surface area contributed by atoms with Gasteiger partial charge in [-0.25, -0.2) is 13.1 Å². The van der Waals surface area contributed by atoms with Crippen LogP contribution in [0.3, 0.4) is 0 Å². The summed E-state index contributed by atoms with van der Waals surface area (Å²) in [6.45, 7) is 1.41. The molecule has 142 valence electrons. The van der Waals surface area contributed by atoms with Crippen LogP contribution < -0.4 is 15.4 Å². The topological polar surface area (TPSA) is 108 Å². The summed E-state index contributed by atoms with van der Waals surface area (Å²) < 4.78 is 26.7. The van der Waals surface area contributed by atoms with Gasteiger partial charge in [0.2, 0.25) is 15.9 Å². The van der Waals surface area contributed by atoms with Gasteiger partial charge in [0.25, 0.3) is 0 Å². The maximum Gasteiger partial charge on any atom is 0.243 e. The number of carbonyl (C=O) groups excluding carboxylic acids is 1. The van der Waals surface area contributed by atoms with Crippen molar-refractivity contribution in [3.8, 4) is 0 Å². The van der Waals surface area contributed by atoms with Gasteiger partial charge >= 0.3 is 0 Å². The van der Waals surface area contributed by atoms with E-state index in [1.165, 1.54) is 12.1 Å². The second-order valence-electron chi connectivity index (χ2n) is 5.49. The summed E-state index contributed by atoms with van der Waals surface area (Å²) in [5, 5.41) is 15.4. The lowest BCUT2D eigenvalue weighted by molar-refractivity contribution is -0.121. The van der Waals surface area contributed by atoms with Gasteiger partial charge in [-0.1, -0.05) is 29.3 Å². The number of aliphatic hydroxyl groups is 1. The van der Waals surface area contributed by atoms with Crippen LogP contribution in [-0.4, -0.2) is 51.7 Å². The van der Waals surface area contributed by atoms with E-state index in [1.807, 2.05) is 0 Å². The molecule has 2 rings (SSSR count). The summed E-state index contributed by atoms with van der Waals surface area (Å²) in [6, 6.07) is 4.40. The third kappa shape index (κ3) is 6.25. The number of β-amino-alcohol motifs (C(OH)–C–C–N with tert-alkyl or cyclic N) is 1. The van der Waals surface area contributed by atoms with Crippen LogP contribution in [0.1, 0.15) is 6.42 Å². The minimum absolute atomic E-state index is 0. The second-order valence-corrected chi connectivity index (χ2v) is 8.01. The lowest BCUT2D eigenvalue weighted by atomic mass is 10.1. The minimum atomic E-state index is -3.90. The number of amides is 1. The number of nitrogens with one attached hydrogen (secondary N) is 3. The van der Waals surface area contributed by atoms with E-state index in [0.717, 1.165) is 0 Å². The van der Waals surface area contributed by atoms with Crippen molar-refractivity contribution in [2.24, 2.45) is 5.92 Å². The standard InChI is InChI=1S/C14H19Cl2N3O4S.ClH/c15-10-2-1-3-11(16)14(10)24(22,23)19-5-4-13(21)18-7-9-6-17-8-12(9)20;/h1-3,9,12,17,19-20H,4-8H2,(H,18,21);1H. The molecular weight excluding hydrogens is 413 g/mol. The van der Waals surface area contributed by atoms with Gasteiger partial charge in [-0.15, -0.1) is 12.4 Å². The Bertz CT molecular complexity index is 682. The summed E-state index contributed by atoms with van der Waals surface area (Å²) in [5.74, 6) is -0.338. The fraction of sp³-hybridized carbons (Fsp3) is 0.500. The smallest absolute Gasteiger partial charge is 0.243 e. The van der Waals surface area contributed by atoms with Crippen molar-refractivity contribution in [1.29, 1.82) is 0 Å². The van der Waals surface area contributed by atoms with Crippen molar-refractivity contribution in [1.82, 2.24) is 15.4 Å². The van der Waals surface area contributed by atoms with Gasteiger partial charge in [-0.05, 0) is 12.1 Å². The van der Waals surface area contributed by atoms with Crippen molar-refractivity contribution >= 4 is 51.5 Å². The first-order valence-electron chi connectivity index (χ1n) is 7.40. The highest BCUT2D eigenvalue weighted by atomic mass is 35.5. The monoisotopic (exact) mass is 431 g/mol. The molecule has 0 aliphatic carbocycles. The van der Waals surface area contributed by atoms with Crippen molar-refractivity contribution < 1.29 is 18.3 Å². The Morgan fingerprint density at radius 3 is 2.48 bits per heavy atom. The number of benzene rings is 1. The van der Waals surface area contributed by atoms with E-state index in [9.17, 15) is 18.3 Å². The van der Waals surface area contributed by atoms with Gasteiger partial charge in [-0.3, -0.25) is 4.79 Å². The van der Waals surface area contributed by atoms with Crippen LogP contribution in [-0.2, 0) is 14.8 Å². The molecule has 1 fully saturated rings. The summed E-state index contributed by atoms with van der Waals surface area (Å²) in [5.41, 5.74) is 0. The van der Waals surface area contributed by atoms with Crippen molar-refractivity contribution in [2.45, 2.75) is 17.4 Å². The van der Waals surface area contributed by atoms with Gasteiger partial charge in [-0.2, -0.15) is 0 Å². The van der Waals surface area contributed by atoms with Gasteiger partial charge in [0.05, 0.1) is 16.1 Å². The van der Waals surface area contributed by atoms with E-state index in [4.69, 9.17) is 23.2 Å². The SMILES string of the molecule is Cl.O=C(CCNS(=O)(=O)c1c(Cl)cccc1Cl)NCC1CNCC1O. The average Bonchev–Trinajstić information content (AvgIpc) is 2.90. The van der Waals surface area contributed by atoms with Crippen molar-refractivity contribution in [3.63, 3.8) is 0 Å². The largest absolute Gasteiger partial charge is 0.391 e. The van der Waals surface area contributed by atoms with Gasteiger partial charge in [0, 0.05) is 38.5 Å². The first-order valence-corrected chi connectivity index (χ1v) is 9.64. The maximum atomic E-state index is 12.2. The highest BCUT2D eigenvalue weighted by Crippen LogP contribution is 2.28. The molecule has 2 unspecified atom stereocenters. The van der Waals surface area contributed by atoms with Crippen LogP contribution in [0.15, 0.2) is 23.1 Å². The average molecular weight is 433 g/mol. The zero-order valence-electron chi connectivity index (χ0n) is 13.2.